The van der Waals surface area contributed by atoms with E-state index in [0.29, 0.717) is 12.8 Å². The van der Waals surface area contributed by atoms with Crippen molar-refractivity contribution in [2.24, 2.45) is 0 Å². The highest BCUT2D eigenvalue weighted by Gasteiger charge is 2.48. The molecule has 0 bridgehead atoms. The van der Waals surface area contributed by atoms with Crippen molar-refractivity contribution >= 4 is 16.3 Å². The summed E-state index contributed by atoms with van der Waals surface area (Å²) in [4.78, 5) is 11.4. The Kier molecular flexibility index (Phi) is 16.3. The third-order valence-electron chi connectivity index (χ3n) is 4.83. The van der Waals surface area contributed by atoms with Crippen LogP contribution in [0.25, 0.3) is 0 Å². The Morgan fingerprint density at radius 3 is 1.62 bits per heavy atom. The minimum absolute atomic E-state index is 0.0351. The second-order valence-corrected chi connectivity index (χ2v) is 9.29. The SMILES string of the molecule is CCCCCCCCCCOC(=O)OS(=O)(=O)C(F)(F)CCCCCCCCC. The van der Waals surface area contributed by atoms with Gasteiger partial charge in [-0.3, -0.25) is 0 Å². The molecule has 0 spiro atoms. The van der Waals surface area contributed by atoms with Crippen molar-refractivity contribution in [1.29, 1.82) is 0 Å². The number of halogens is 2. The smallest absolute Gasteiger partial charge is 0.433 e. The van der Waals surface area contributed by atoms with E-state index in [0.717, 1.165) is 51.4 Å². The fourth-order valence-corrected chi connectivity index (χ4v) is 3.72. The third-order valence-corrected chi connectivity index (χ3v) is 6.12. The maximum atomic E-state index is 13.9. The van der Waals surface area contributed by atoms with Crippen molar-refractivity contribution in [3.8, 4) is 0 Å². The van der Waals surface area contributed by atoms with E-state index >= 15 is 0 Å². The number of alkyl halides is 2. The zero-order valence-electron chi connectivity index (χ0n) is 18.2. The van der Waals surface area contributed by atoms with Crippen LogP contribution >= 0.6 is 0 Å². The number of hydrogen-bond acceptors (Lipinski definition) is 5. The van der Waals surface area contributed by atoms with Gasteiger partial charge in [-0.1, -0.05) is 97.3 Å². The summed E-state index contributed by atoms with van der Waals surface area (Å²) in [7, 11) is -5.33. The summed E-state index contributed by atoms with van der Waals surface area (Å²) in [6, 6.07) is 0. The predicted octanol–water partition coefficient (Wildman–Crippen LogP) is 7.34. The number of rotatable bonds is 19. The van der Waals surface area contributed by atoms with Crippen LogP contribution in [0.15, 0.2) is 0 Å². The number of hydrogen-bond donors (Lipinski definition) is 0. The normalized spacial score (nSPS) is 12.1. The van der Waals surface area contributed by atoms with E-state index in [4.69, 9.17) is 0 Å². The first-order valence-corrected chi connectivity index (χ1v) is 12.7. The lowest BCUT2D eigenvalue weighted by Gasteiger charge is -2.16. The summed E-state index contributed by atoms with van der Waals surface area (Å²) < 4.78 is 59.7. The molecule has 0 aromatic rings. The molecule has 0 N–H and O–H groups in total. The van der Waals surface area contributed by atoms with Crippen LogP contribution in [0.5, 0.6) is 0 Å². The van der Waals surface area contributed by atoms with Gasteiger partial charge >= 0.3 is 21.5 Å². The van der Waals surface area contributed by atoms with Crippen molar-refractivity contribution in [3.05, 3.63) is 0 Å². The fraction of sp³-hybridized carbons (Fsp3) is 0.952. The van der Waals surface area contributed by atoms with Crippen LogP contribution in [0.4, 0.5) is 13.6 Å². The minimum atomic E-state index is -5.33. The van der Waals surface area contributed by atoms with Gasteiger partial charge < -0.3 is 8.92 Å². The van der Waals surface area contributed by atoms with E-state index in [1.807, 2.05) is 0 Å². The van der Waals surface area contributed by atoms with Crippen molar-refractivity contribution in [1.82, 2.24) is 0 Å². The van der Waals surface area contributed by atoms with Crippen LogP contribution in [0.2, 0.25) is 0 Å². The van der Waals surface area contributed by atoms with E-state index in [1.54, 1.807) is 0 Å². The first kappa shape index (κ1) is 28.1. The van der Waals surface area contributed by atoms with Crippen molar-refractivity contribution in [2.75, 3.05) is 6.61 Å². The molecule has 0 aromatic carbocycles. The number of ether oxygens (including phenoxy) is 1. The zero-order chi connectivity index (χ0) is 22.0. The molecule has 0 amide bonds. The standard InChI is InChI=1S/C21H40F2O5S/c1-3-5-7-9-11-13-15-17-19-27-20(24)28-29(25,26)21(22,23)18-16-14-12-10-8-6-4-2/h3-19H2,1-2H3. The monoisotopic (exact) mass is 442 g/mol. The molecule has 0 rings (SSSR count). The molecule has 29 heavy (non-hydrogen) atoms. The molecular weight excluding hydrogens is 402 g/mol. The molecule has 0 saturated heterocycles. The lowest BCUT2D eigenvalue weighted by atomic mass is 10.1. The summed E-state index contributed by atoms with van der Waals surface area (Å²) >= 11 is 0. The van der Waals surface area contributed by atoms with Gasteiger partial charge in [-0.05, 0) is 12.8 Å². The molecule has 0 atom stereocenters. The lowest BCUT2D eigenvalue weighted by Crippen LogP contribution is -2.32. The zero-order valence-corrected chi connectivity index (χ0v) is 19.0. The minimum Gasteiger partial charge on any atom is -0.433 e. The molecule has 0 aromatic heterocycles. The second kappa shape index (κ2) is 16.8. The Morgan fingerprint density at radius 1 is 0.724 bits per heavy atom. The average molecular weight is 443 g/mol. The molecule has 5 nitrogen and oxygen atoms in total. The highest BCUT2D eigenvalue weighted by atomic mass is 32.2. The van der Waals surface area contributed by atoms with Crippen LogP contribution in [0, 0.1) is 0 Å². The number of unbranched alkanes of at least 4 members (excludes halogenated alkanes) is 13. The van der Waals surface area contributed by atoms with Gasteiger partial charge in [-0.25, -0.2) is 4.79 Å². The van der Waals surface area contributed by atoms with E-state index < -0.39 is 27.9 Å². The summed E-state index contributed by atoms with van der Waals surface area (Å²) in [5.41, 5.74) is 0. The first-order valence-electron chi connectivity index (χ1n) is 11.3. The van der Waals surface area contributed by atoms with Crippen LogP contribution in [0.1, 0.15) is 117 Å². The van der Waals surface area contributed by atoms with E-state index in [2.05, 4.69) is 22.8 Å². The Balaban J connectivity index is 3.94. The second-order valence-electron chi connectivity index (χ2n) is 7.62. The maximum Gasteiger partial charge on any atom is 0.524 e. The quantitative estimate of drug-likeness (QED) is 0.119. The van der Waals surface area contributed by atoms with E-state index in [9.17, 15) is 22.0 Å². The fourth-order valence-electron chi connectivity index (χ4n) is 2.98. The largest absolute Gasteiger partial charge is 0.524 e. The summed E-state index contributed by atoms with van der Waals surface area (Å²) in [6.07, 6.45) is 11.5. The van der Waals surface area contributed by atoms with Gasteiger partial charge in [0.1, 0.15) is 0 Å². The highest BCUT2D eigenvalue weighted by molar-refractivity contribution is 7.88. The Bertz CT molecular complexity index is 509. The molecule has 0 saturated carbocycles. The molecule has 0 fully saturated rings. The topological polar surface area (TPSA) is 69.7 Å². The average Bonchev–Trinajstić information content (AvgIpc) is 2.65. The summed E-state index contributed by atoms with van der Waals surface area (Å²) in [5, 5.41) is -4.09. The third kappa shape index (κ3) is 14.7. The molecule has 0 aliphatic carbocycles. The lowest BCUT2D eigenvalue weighted by molar-refractivity contribution is 0.0528. The maximum absolute atomic E-state index is 13.9. The summed E-state index contributed by atoms with van der Waals surface area (Å²) in [6.45, 7) is 4.21. The Morgan fingerprint density at radius 2 is 1.14 bits per heavy atom. The molecule has 0 radical (unpaired) electrons. The van der Waals surface area contributed by atoms with Crippen LogP contribution in [0.3, 0.4) is 0 Å². The van der Waals surface area contributed by atoms with Gasteiger partial charge in [0.15, 0.2) is 0 Å². The van der Waals surface area contributed by atoms with Gasteiger partial charge in [0.25, 0.3) is 0 Å². The molecule has 0 unspecified atom stereocenters. The van der Waals surface area contributed by atoms with Gasteiger partial charge in [0.05, 0.1) is 6.61 Å². The van der Waals surface area contributed by atoms with Gasteiger partial charge in [-0.2, -0.15) is 17.2 Å². The van der Waals surface area contributed by atoms with Gasteiger partial charge in [0, 0.05) is 6.42 Å². The van der Waals surface area contributed by atoms with Crippen molar-refractivity contribution in [2.45, 2.75) is 122 Å². The molecule has 0 aliphatic heterocycles. The number of carbonyl (C=O) groups excluding carboxylic acids is 1. The highest BCUT2D eigenvalue weighted by Crippen LogP contribution is 2.30. The van der Waals surface area contributed by atoms with Crippen LogP contribution < -0.4 is 0 Å². The van der Waals surface area contributed by atoms with E-state index in [1.165, 1.54) is 25.7 Å². The van der Waals surface area contributed by atoms with Gasteiger partial charge in [0.2, 0.25) is 0 Å². The van der Waals surface area contributed by atoms with E-state index in [-0.39, 0.29) is 13.0 Å². The molecule has 0 heterocycles. The van der Waals surface area contributed by atoms with Crippen molar-refractivity contribution < 1.29 is 30.9 Å². The van der Waals surface area contributed by atoms with Crippen LogP contribution in [-0.2, 0) is 19.0 Å². The van der Waals surface area contributed by atoms with Crippen LogP contribution in [-0.4, -0.2) is 26.4 Å². The van der Waals surface area contributed by atoms with Gasteiger partial charge in [-0.15, -0.1) is 0 Å². The molecule has 174 valence electrons. The number of carbonyl (C=O) groups is 1. The first-order chi connectivity index (χ1) is 13.8. The van der Waals surface area contributed by atoms with Crippen molar-refractivity contribution in [3.63, 3.8) is 0 Å². The molecule has 8 heteroatoms. The summed E-state index contributed by atoms with van der Waals surface area (Å²) in [5.74, 6) is 0. The molecular formula is C21H40F2O5S. The predicted molar refractivity (Wildman–Crippen MR) is 112 cm³/mol. The Labute approximate surface area is 176 Å². The molecule has 0 aliphatic rings. The Hall–Kier alpha value is -0.920.